The Balaban J connectivity index is 2.36. The van der Waals surface area contributed by atoms with E-state index in [0.717, 1.165) is 0 Å². The van der Waals surface area contributed by atoms with Crippen LogP contribution < -0.4 is 82.3 Å². The van der Waals surface area contributed by atoms with Crippen molar-refractivity contribution in [1.82, 2.24) is 47.9 Å². The van der Waals surface area contributed by atoms with Crippen molar-refractivity contribution >= 4 is 70.9 Å². The highest BCUT2D eigenvalue weighted by Gasteiger charge is 2.40. The lowest BCUT2D eigenvalue weighted by molar-refractivity contribution is -0.141. The molecule has 89 heavy (non-hydrogen) atoms. The number of amides is 9. The highest BCUT2D eigenvalue weighted by molar-refractivity contribution is 6.07. The van der Waals surface area contributed by atoms with E-state index in [1.807, 2.05) is 27.7 Å². The molecule has 3 rings (SSSR count). The molecule has 1 heterocycles. The smallest absolute Gasteiger partial charge is 0.243 e. The van der Waals surface area contributed by atoms with Gasteiger partial charge < -0.3 is 82.3 Å². The quantitative estimate of drug-likeness (QED) is 0.0260. The zero-order valence-corrected chi connectivity index (χ0v) is 53.1. The molecule has 0 spiro atoms. The Morgan fingerprint density at radius 2 is 0.697 bits per heavy atom. The molecule has 0 aromatic heterocycles. The van der Waals surface area contributed by atoms with Gasteiger partial charge in [-0.2, -0.15) is 0 Å². The van der Waals surface area contributed by atoms with Gasteiger partial charge in [-0.1, -0.05) is 116 Å². The minimum atomic E-state index is -1.49. The number of nitrogens with one attached hydrogen (secondary N) is 9. The van der Waals surface area contributed by atoms with E-state index >= 15 is 4.79 Å². The number of aliphatic imine (C=N–C) groups is 2. The fourth-order valence-electron chi connectivity index (χ4n) is 10.2. The van der Waals surface area contributed by atoms with Gasteiger partial charge in [0.05, 0.1) is 6.04 Å². The van der Waals surface area contributed by atoms with Gasteiger partial charge in [0.2, 0.25) is 53.2 Å². The van der Waals surface area contributed by atoms with Crippen LogP contribution in [0.25, 0.3) is 0 Å². The highest BCUT2D eigenvalue weighted by atomic mass is 16.2. The van der Waals surface area contributed by atoms with Crippen molar-refractivity contribution in [3.63, 3.8) is 0 Å². The Hall–Kier alpha value is -8.20. The van der Waals surface area contributed by atoms with E-state index in [9.17, 15) is 43.2 Å². The lowest BCUT2D eigenvalue weighted by atomic mass is 9.85. The molecular weight excluding hydrogens is 1140 g/mol. The van der Waals surface area contributed by atoms with Crippen molar-refractivity contribution in [2.75, 3.05) is 26.2 Å². The summed E-state index contributed by atoms with van der Waals surface area (Å²) in [4.78, 5) is 155. The van der Waals surface area contributed by atoms with E-state index < -0.39 is 131 Å². The summed E-state index contributed by atoms with van der Waals surface area (Å²) in [7, 11) is 0. The van der Waals surface area contributed by atoms with Crippen LogP contribution in [0.5, 0.6) is 0 Å². The Morgan fingerprint density at radius 1 is 0.382 bits per heavy atom. The Bertz CT molecular complexity index is 2690. The van der Waals surface area contributed by atoms with Gasteiger partial charge in [-0.3, -0.25) is 57.9 Å². The topological polar surface area (TPSA) is 460 Å². The van der Waals surface area contributed by atoms with Crippen LogP contribution in [-0.2, 0) is 60.8 Å². The molecule has 1 aliphatic rings. The van der Waals surface area contributed by atoms with E-state index in [4.69, 9.17) is 34.4 Å². The van der Waals surface area contributed by atoms with E-state index in [1.165, 1.54) is 0 Å². The third-order valence-corrected chi connectivity index (χ3v) is 14.9. The Labute approximate surface area is 523 Å². The maximum Gasteiger partial charge on any atom is 0.243 e. The van der Waals surface area contributed by atoms with Crippen molar-refractivity contribution in [3.8, 4) is 0 Å². The fourth-order valence-corrected chi connectivity index (χ4v) is 10.2. The Morgan fingerprint density at radius 3 is 1.07 bits per heavy atom. The molecule has 1 aliphatic heterocycles. The molecule has 0 radical (unpaired) electrons. The molecule has 0 bridgehead atoms. The van der Waals surface area contributed by atoms with Gasteiger partial charge in [-0.15, -0.1) is 0 Å². The van der Waals surface area contributed by atoms with Crippen LogP contribution in [0, 0.1) is 29.6 Å². The first-order valence-electron chi connectivity index (χ1n) is 31.0. The first-order valence-corrected chi connectivity index (χ1v) is 31.0. The average molecular weight is 1240 g/mol. The maximum atomic E-state index is 15.1. The second-order valence-corrected chi connectivity index (χ2v) is 24.2. The normalized spacial score (nSPS) is 23.7. The monoisotopic (exact) mass is 1240 g/mol. The largest absolute Gasteiger partial charge is 0.370 e. The van der Waals surface area contributed by atoms with Crippen molar-refractivity contribution in [1.29, 1.82) is 0 Å². The van der Waals surface area contributed by atoms with Crippen LogP contribution in [0.1, 0.15) is 131 Å². The second kappa shape index (κ2) is 38.9. The maximum absolute atomic E-state index is 15.1. The number of benzene rings is 2. The van der Waals surface area contributed by atoms with Gasteiger partial charge in [0, 0.05) is 25.9 Å². The SMILES string of the molecule is CC(C)C[C@@H]1NC(=O)[C@H](CCCN)NC(=O)[C@@H](C(C)C)C(=O)[C@H](CCCN=C(N)N)NC(=O)[C@@H](Cc2ccccc2)NC(=O)[C@H](CC(C)C)NC(=O)[C@H](CCCN)NC(=O)[C@H](C(C)C)NC(=O)[C@H](CCCN=C(N)N)NC(=O)[C@@H](Cc2ccccc2)NC1=O. The number of guanidine groups is 2. The number of hydrogen-bond donors (Lipinski definition) is 15. The summed E-state index contributed by atoms with van der Waals surface area (Å²) >= 11 is 0. The van der Waals surface area contributed by atoms with Crippen molar-refractivity contribution in [2.24, 2.45) is 74.0 Å². The molecule has 1 saturated heterocycles. The summed E-state index contributed by atoms with van der Waals surface area (Å²) in [5, 5.41) is 25.1. The van der Waals surface area contributed by atoms with Crippen LogP contribution in [-0.4, -0.2) is 151 Å². The summed E-state index contributed by atoms with van der Waals surface area (Å²) in [6, 6.07) is 5.39. The van der Waals surface area contributed by atoms with Gasteiger partial charge in [0.15, 0.2) is 17.7 Å². The molecule has 10 atom stereocenters. The molecule has 2 aromatic carbocycles. The van der Waals surface area contributed by atoms with Crippen molar-refractivity contribution in [2.45, 2.75) is 187 Å². The molecule has 27 nitrogen and oxygen atoms in total. The molecule has 0 unspecified atom stereocenters. The van der Waals surface area contributed by atoms with Crippen molar-refractivity contribution in [3.05, 3.63) is 71.8 Å². The molecule has 0 saturated carbocycles. The highest BCUT2D eigenvalue weighted by Crippen LogP contribution is 2.20. The van der Waals surface area contributed by atoms with Gasteiger partial charge in [0.25, 0.3) is 0 Å². The van der Waals surface area contributed by atoms with Crippen LogP contribution in [0.2, 0.25) is 0 Å². The number of Topliss-reactive ketones (excluding diaryl/α,β-unsaturated/α-hetero) is 1. The fraction of sp³-hybridized carbons (Fsp3) is 0.613. The second-order valence-electron chi connectivity index (χ2n) is 24.2. The van der Waals surface area contributed by atoms with Crippen LogP contribution in [0.3, 0.4) is 0 Å². The molecule has 21 N–H and O–H groups in total. The summed E-state index contributed by atoms with van der Waals surface area (Å²) in [5.74, 6) is -11.6. The Kier molecular flexibility index (Phi) is 32.8. The number of carbonyl (C=O) groups is 10. The molecule has 9 amide bonds. The summed E-state index contributed by atoms with van der Waals surface area (Å²) in [6.45, 7) is 14.2. The molecule has 494 valence electrons. The summed E-state index contributed by atoms with van der Waals surface area (Å²) < 4.78 is 0. The first-order chi connectivity index (χ1) is 42.1. The minimum absolute atomic E-state index is 0.00391. The number of nitrogens with two attached hydrogens (primary N) is 6. The lowest BCUT2D eigenvalue weighted by Gasteiger charge is -2.30. The average Bonchev–Trinajstić information content (AvgIpc) is 2.05. The molecule has 1 fully saturated rings. The molecular formula is C62H101N17O10. The molecule has 27 heteroatoms. The predicted molar refractivity (Wildman–Crippen MR) is 341 cm³/mol. The van der Waals surface area contributed by atoms with Gasteiger partial charge >= 0.3 is 0 Å². The number of hydrogen-bond acceptors (Lipinski definition) is 14. The van der Waals surface area contributed by atoms with Crippen molar-refractivity contribution < 1.29 is 47.9 Å². The number of rotatable bonds is 24. The molecule has 2 aromatic rings. The van der Waals surface area contributed by atoms with Crippen LogP contribution in [0.15, 0.2) is 70.6 Å². The van der Waals surface area contributed by atoms with Gasteiger partial charge in [-0.05, 0) is 112 Å². The van der Waals surface area contributed by atoms with E-state index in [1.54, 1.807) is 88.4 Å². The van der Waals surface area contributed by atoms with Gasteiger partial charge in [0.1, 0.15) is 54.3 Å². The lowest BCUT2D eigenvalue weighted by Crippen LogP contribution is -2.61. The minimum Gasteiger partial charge on any atom is -0.370 e. The van der Waals surface area contributed by atoms with E-state index in [0.29, 0.717) is 11.1 Å². The first kappa shape index (κ1) is 75.1. The predicted octanol–water partition coefficient (Wildman–Crippen LogP) is -0.977. The van der Waals surface area contributed by atoms with E-state index in [-0.39, 0.29) is 127 Å². The standard InChI is InChI=1S/C62H101N17O10/c1-35(2)31-45-56(85)78-48(34-40-21-13-10-14-22-40)58(87)72-44(26-18-30-70-62(67)68)54(83)79-50(38(7)8)60(89)74-43(24-16-28-64)53(82)76-46(32-36(3)4)55(84)77-47(33-39-19-11-9-12-20-39)57(86)71-41(25-17-29-69-61(65)66)51(80)49(37(5)6)59(88)73-42(23-15-27-63)52(81)75-45/h9-14,19-22,35-38,41-50H,15-18,23-34,63-64H2,1-8H3,(H,71,86)(H,72,87)(H,73,88)(H,74,89)(H,75,81)(H,76,82)(H,77,84)(H,78,85)(H,79,83)(H4,65,66,69)(H4,67,68,70)/t41-,42-,43-,44-,45-,46-,47+,48+,49-,50-/m0/s1. The summed E-state index contributed by atoms with van der Waals surface area (Å²) in [6.07, 6.45) is 0.522. The molecule has 0 aliphatic carbocycles. The number of ketones is 1. The third-order valence-electron chi connectivity index (χ3n) is 14.9. The van der Waals surface area contributed by atoms with E-state index in [2.05, 4.69) is 57.8 Å². The number of nitrogens with zero attached hydrogens (tertiary/aromatic N) is 2. The zero-order valence-electron chi connectivity index (χ0n) is 53.1. The van der Waals surface area contributed by atoms with Crippen LogP contribution >= 0.6 is 0 Å². The van der Waals surface area contributed by atoms with Gasteiger partial charge in [-0.25, -0.2) is 0 Å². The number of carbonyl (C=O) groups excluding carboxylic acids is 10. The summed E-state index contributed by atoms with van der Waals surface area (Å²) in [5.41, 5.74) is 35.6. The van der Waals surface area contributed by atoms with Crippen LogP contribution in [0.4, 0.5) is 0 Å². The zero-order chi connectivity index (χ0) is 66.3. The third kappa shape index (κ3) is 27.0.